The molecule has 0 fully saturated rings. The van der Waals surface area contributed by atoms with Crippen LogP contribution in [0.3, 0.4) is 0 Å². The molecule has 0 bridgehead atoms. The van der Waals surface area contributed by atoms with Crippen molar-refractivity contribution in [1.29, 1.82) is 0 Å². The van der Waals surface area contributed by atoms with E-state index in [4.69, 9.17) is 9.72 Å². The Kier molecular flexibility index (Phi) is 6.10. The van der Waals surface area contributed by atoms with Crippen molar-refractivity contribution in [3.05, 3.63) is 66.0 Å². The number of fused-ring (bicyclic) bond motifs is 1. The number of imidazole rings is 1. The van der Waals surface area contributed by atoms with E-state index in [1.165, 1.54) is 4.90 Å². The summed E-state index contributed by atoms with van der Waals surface area (Å²) in [6, 6.07) is 17.0. The van der Waals surface area contributed by atoms with Crippen molar-refractivity contribution < 1.29 is 14.3 Å². The molecule has 0 spiro atoms. The van der Waals surface area contributed by atoms with E-state index in [2.05, 4.69) is 5.32 Å². The van der Waals surface area contributed by atoms with Gasteiger partial charge in [0.1, 0.15) is 24.0 Å². The van der Waals surface area contributed by atoms with Crippen molar-refractivity contribution in [3.63, 3.8) is 0 Å². The van der Waals surface area contributed by atoms with Crippen molar-refractivity contribution in [1.82, 2.24) is 19.8 Å². The molecular weight excluding hydrogens is 380 g/mol. The topological polar surface area (TPSA) is 76.5 Å². The van der Waals surface area contributed by atoms with Crippen LogP contribution in [0.1, 0.15) is 38.2 Å². The molecule has 1 atom stereocenters. The summed E-state index contributed by atoms with van der Waals surface area (Å²) >= 11 is 0. The average Bonchev–Trinajstić information content (AvgIpc) is 3.02. The second kappa shape index (κ2) is 8.57. The van der Waals surface area contributed by atoms with Gasteiger partial charge in [0.15, 0.2) is 0 Å². The zero-order valence-electron chi connectivity index (χ0n) is 18.0. The second-order valence-corrected chi connectivity index (χ2v) is 8.27. The lowest BCUT2D eigenvalue weighted by Gasteiger charge is -2.25. The number of nitrogens with zero attached hydrogens (tertiary/aromatic N) is 3. The smallest absolute Gasteiger partial charge is 0.410 e. The van der Waals surface area contributed by atoms with E-state index < -0.39 is 17.7 Å². The van der Waals surface area contributed by atoms with Crippen LogP contribution in [0.4, 0.5) is 4.79 Å². The Morgan fingerprint density at radius 1 is 1.10 bits per heavy atom. The predicted octanol–water partition coefficient (Wildman–Crippen LogP) is 3.65. The normalized spacial score (nSPS) is 12.4. The van der Waals surface area contributed by atoms with Crippen molar-refractivity contribution in [2.75, 3.05) is 13.6 Å². The molecule has 0 aliphatic carbocycles. The number of rotatable bonds is 5. The molecule has 7 heteroatoms. The monoisotopic (exact) mass is 408 g/mol. The molecule has 3 aromatic rings. The van der Waals surface area contributed by atoms with Crippen LogP contribution in [0.2, 0.25) is 0 Å². The highest BCUT2D eigenvalue weighted by molar-refractivity contribution is 5.83. The number of aryl methyl sites for hydroxylation is 1. The molecule has 0 saturated heterocycles. The number of likely N-dealkylation sites (N-methyl/N-ethyl adjacent to an activating group) is 1. The number of amides is 2. The Morgan fingerprint density at radius 3 is 2.37 bits per heavy atom. The third kappa shape index (κ3) is 4.97. The fraction of sp³-hybridized carbons (Fsp3) is 0.348. The Balaban J connectivity index is 1.84. The first kappa shape index (κ1) is 21.4. The second-order valence-electron chi connectivity index (χ2n) is 8.27. The van der Waals surface area contributed by atoms with Crippen molar-refractivity contribution in [2.24, 2.45) is 7.05 Å². The van der Waals surface area contributed by atoms with Gasteiger partial charge in [-0.1, -0.05) is 42.5 Å². The minimum Gasteiger partial charge on any atom is -0.444 e. The van der Waals surface area contributed by atoms with Gasteiger partial charge in [-0.05, 0) is 38.5 Å². The summed E-state index contributed by atoms with van der Waals surface area (Å²) in [5.74, 6) is 0.417. The first-order valence-electron chi connectivity index (χ1n) is 9.85. The summed E-state index contributed by atoms with van der Waals surface area (Å²) in [4.78, 5) is 31.0. The average molecular weight is 409 g/mol. The molecule has 158 valence electrons. The molecule has 3 rings (SSSR count). The van der Waals surface area contributed by atoms with Gasteiger partial charge in [-0.15, -0.1) is 0 Å². The molecule has 0 aliphatic rings. The van der Waals surface area contributed by atoms with E-state index in [9.17, 15) is 9.59 Å². The van der Waals surface area contributed by atoms with Gasteiger partial charge in [0.05, 0.1) is 11.0 Å². The highest BCUT2D eigenvalue weighted by atomic mass is 16.6. The Bertz CT molecular complexity index is 1040. The molecule has 2 aromatic carbocycles. The number of nitrogens with one attached hydrogen (secondary N) is 1. The first-order chi connectivity index (χ1) is 14.2. The Hall–Kier alpha value is -3.35. The molecule has 7 nitrogen and oxygen atoms in total. The number of para-hydroxylation sites is 2. The van der Waals surface area contributed by atoms with Gasteiger partial charge in [0, 0.05) is 14.1 Å². The van der Waals surface area contributed by atoms with Crippen LogP contribution in [0.25, 0.3) is 11.0 Å². The van der Waals surface area contributed by atoms with Crippen LogP contribution in [-0.2, 0) is 16.6 Å². The minimum absolute atomic E-state index is 0.123. The molecule has 0 saturated carbocycles. The molecule has 1 heterocycles. The van der Waals surface area contributed by atoms with Crippen LogP contribution in [-0.4, -0.2) is 45.6 Å². The highest BCUT2D eigenvalue weighted by Crippen LogP contribution is 2.25. The van der Waals surface area contributed by atoms with Crippen molar-refractivity contribution >= 4 is 23.0 Å². The van der Waals surface area contributed by atoms with E-state index in [0.717, 1.165) is 22.4 Å². The molecule has 1 aromatic heterocycles. The first-order valence-corrected chi connectivity index (χ1v) is 9.85. The maximum Gasteiger partial charge on any atom is 0.410 e. The molecule has 1 unspecified atom stereocenters. The van der Waals surface area contributed by atoms with Crippen LogP contribution in [0.5, 0.6) is 0 Å². The molecular formula is C23H28N4O3. The molecule has 0 aliphatic heterocycles. The summed E-state index contributed by atoms with van der Waals surface area (Å²) in [7, 11) is 3.47. The molecule has 0 radical (unpaired) electrons. The van der Waals surface area contributed by atoms with E-state index >= 15 is 0 Å². The van der Waals surface area contributed by atoms with Crippen molar-refractivity contribution in [3.8, 4) is 0 Å². The Morgan fingerprint density at radius 2 is 1.73 bits per heavy atom. The van der Waals surface area contributed by atoms with E-state index in [1.807, 2.05) is 66.2 Å². The fourth-order valence-electron chi connectivity index (χ4n) is 3.19. The zero-order valence-corrected chi connectivity index (χ0v) is 18.0. The number of hydrogen-bond donors (Lipinski definition) is 1. The molecule has 30 heavy (non-hydrogen) atoms. The quantitative estimate of drug-likeness (QED) is 0.699. The highest BCUT2D eigenvalue weighted by Gasteiger charge is 2.25. The van der Waals surface area contributed by atoms with Gasteiger partial charge in [-0.2, -0.15) is 0 Å². The van der Waals surface area contributed by atoms with Crippen LogP contribution in [0, 0.1) is 0 Å². The van der Waals surface area contributed by atoms with Gasteiger partial charge in [0.25, 0.3) is 0 Å². The SMILES string of the molecule is CN(CC(=O)NC(c1ccccc1)c1nc2ccccc2n1C)C(=O)OC(C)(C)C. The van der Waals surface area contributed by atoms with Crippen molar-refractivity contribution in [2.45, 2.75) is 32.4 Å². The molecule has 2 amide bonds. The van der Waals surface area contributed by atoms with Gasteiger partial charge in [-0.25, -0.2) is 9.78 Å². The van der Waals surface area contributed by atoms with E-state index in [0.29, 0.717) is 0 Å². The number of benzene rings is 2. The fourth-order valence-corrected chi connectivity index (χ4v) is 3.19. The summed E-state index contributed by atoms with van der Waals surface area (Å²) in [5, 5.41) is 3.03. The number of carbonyl (C=O) groups is 2. The summed E-state index contributed by atoms with van der Waals surface area (Å²) in [6.07, 6.45) is -0.545. The number of carbonyl (C=O) groups excluding carboxylic acids is 2. The van der Waals surface area contributed by atoms with Gasteiger partial charge in [0.2, 0.25) is 5.91 Å². The lowest BCUT2D eigenvalue weighted by molar-refractivity contribution is -0.122. The third-order valence-electron chi connectivity index (χ3n) is 4.60. The van der Waals surface area contributed by atoms with Crippen LogP contribution >= 0.6 is 0 Å². The van der Waals surface area contributed by atoms with E-state index in [1.54, 1.807) is 27.8 Å². The third-order valence-corrected chi connectivity index (χ3v) is 4.60. The number of aromatic nitrogens is 2. The predicted molar refractivity (Wildman–Crippen MR) is 116 cm³/mol. The lowest BCUT2D eigenvalue weighted by atomic mass is 10.1. The summed E-state index contributed by atoms with van der Waals surface area (Å²) < 4.78 is 7.30. The lowest BCUT2D eigenvalue weighted by Crippen LogP contribution is -2.42. The Labute approximate surface area is 176 Å². The van der Waals surface area contributed by atoms with Crippen LogP contribution in [0.15, 0.2) is 54.6 Å². The van der Waals surface area contributed by atoms with E-state index in [-0.39, 0.29) is 12.5 Å². The maximum absolute atomic E-state index is 12.8. The van der Waals surface area contributed by atoms with Gasteiger partial charge >= 0.3 is 6.09 Å². The zero-order chi connectivity index (χ0) is 21.9. The number of ether oxygens (including phenoxy) is 1. The maximum atomic E-state index is 12.8. The summed E-state index contributed by atoms with van der Waals surface area (Å²) in [5.41, 5.74) is 2.12. The molecule has 1 N–H and O–H groups in total. The largest absolute Gasteiger partial charge is 0.444 e. The van der Waals surface area contributed by atoms with Crippen LogP contribution < -0.4 is 5.32 Å². The van der Waals surface area contributed by atoms with Gasteiger partial charge < -0.3 is 19.5 Å². The number of hydrogen-bond acceptors (Lipinski definition) is 4. The minimum atomic E-state index is -0.624. The summed E-state index contributed by atoms with van der Waals surface area (Å²) in [6.45, 7) is 5.24. The standard InChI is InChI=1S/C23H28N4O3/c1-23(2,3)30-22(29)26(4)15-19(28)25-20(16-11-7-6-8-12-16)21-24-17-13-9-10-14-18(17)27(21)5/h6-14,20H,15H2,1-5H3,(H,25,28). The van der Waals surface area contributed by atoms with Gasteiger partial charge in [-0.3, -0.25) is 4.79 Å².